The van der Waals surface area contributed by atoms with E-state index in [4.69, 9.17) is 4.74 Å². The molecule has 2 aromatic rings. The lowest BCUT2D eigenvalue weighted by Crippen LogP contribution is -2.39. The van der Waals surface area contributed by atoms with Crippen molar-refractivity contribution in [3.05, 3.63) is 65.1 Å². The number of halogens is 1. The zero-order chi connectivity index (χ0) is 22.1. The Labute approximate surface area is 179 Å². The number of carbonyl (C=O) groups excluding carboxylic acids is 2. The summed E-state index contributed by atoms with van der Waals surface area (Å²) in [6.45, 7) is 1.78. The Balaban J connectivity index is 1.79. The van der Waals surface area contributed by atoms with E-state index in [0.29, 0.717) is 35.4 Å². The number of nitrogens with zero attached hydrogens (tertiary/aromatic N) is 1. The Kier molecular flexibility index (Phi) is 5.59. The molecule has 1 aliphatic heterocycles. The van der Waals surface area contributed by atoms with Gasteiger partial charge in [0, 0.05) is 35.0 Å². The van der Waals surface area contributed by atoms with Gasteiger partial charge in [0.15, 0.2) is 17.3 Å². The zero-order valence-electron chi connectivity index (χ0n) is 17.3. The number of allylic oxidation sites excluding steroid dienone is 2. The van der Waals surface area contributed by atoms with Gasteiger partial charge in [0.1, 0.15) is 5.82 Å². The molecule has 0 radical (unpaired) electrons. The van der Waals surface area contributed by atoms with E-state index in [1.54, 1.807) is 19.1 Å². The van der Waals surface area contributed by atoms with Crippen LogP contribution in [-0.4, -0.2) is 29.6 Å². The van der Waals surface area contributed by atoms with Crippen LogP contribution in [0.15, 0.2) is 58.7 Å². The lowest BCUT2D eigenvalue weighted by molar-refractivity contribution is -0.119. The molecule has 2 aromatic carbocycles. The number of hydrogen-bond donors (Lipinski definition) is 2. The summed E-state index contributed by atoms with van der Waals surface area (Å²) in [6, 6.07) is 10.4. The van der Waals surface area contributed by atoms with Crippen LogP contribution in [0.1, 0.15) is 37.7 Å². The summed E-state index contributed by atoms with van der Waals surface area (Å²) in [6.07, 6.45) is 1.81. The molecule has 0 aromatic heterocycles. The summed E-state index contributed by atoms with van der Waals surface area (Å²) in [5.74, 6) is -1.81. The molecule has 31 heavy (non-hydrogen) atoms. The van der Waals surface area contributed by atoms with Crippen LogP contribution in [0.4, 0.5) is 10.1 Å². The Bertz CT molecular complexity index is 1110. The van der Waals surface area contributed by atoms with Gasteiger partial charge in [-0.1, -0.05) is 6.07 Å². The third-order valence-corrected chi connectivity index (χ3v) is 5.79. The average molecular weight is 422 g/mol. The number of nitrogens with one attached hydrogen (secondary N) is 1. The minimum Gasteiger partial charge on any atom is -0.504 e. The van der Waals surface area contributed by atoms with Crippen LogP contribution >= 0.6 is 0 Å². The third-order valence-electron chi connectivity index (χ3n) is 5.79. The van der Waals surface area contributed by atoms with Crippen LogP contribution in [0.25, 0.3) is 0 Å². The maximum atomic E-state index is 13.3. The number of rotatable bonds is 4. The van der Waals surface area contributed by atoms with E-state index >= 15 is 0 Å². The minimum absolute atomic E-state index is 0.0193. The predicted molar refractivity (Wildman–Crippen MR) is 115 cm³/mol. The van der Waals surface area contributed by atoms with Gasteiger partial charge in [0.05, 0.1) is 13.0 Å². The fourth-order valence-electron chi connectivity index (χ4n) is 4.35. The van der Waals surface area contributed by atoms with Crippen molar-refractivity contribution >= 4 is 23.1 Å². The van der Waals surface area contributed by atoms with Crippen molar-refractivity contribution in [1.29, 1.82) is 0 Å². The SMILES string of the molecule is COc1cc([C@H]2C3=C(CCCC3=O)N=C(C)C2C(=O)Nc2ccc(F)cc2)ccc1O. The first-order valence-corrected chi connectivity index (χ1v) is 10.1. The van der Waals surface area contributed by atoms with Gasteiger partial charge in [-0.25, -0.2) is 4.39 Å². The van der Waals surface area contributed by atoms with E-state index < -0.39 is 17.7 Å². The molecule has 160 valence electrons. The number of aliphatic imine (C=N–C) groups is 1. The summed E-state index contributed by atoms with van der Waals surface area (Å²) in [4.78, 5) is 30.9. The molecule has 1 unspecified atom stereocenters. The van der Waals surface area contributed by atoms with Crippen molar-refractivity contribution in [2.45, 2.75) is 32.1 Å². The molecule has 7 heteroatoms. The van der Waals surface area contributed by atoms with E-state index in [0.717, 1.165) is 12.1 Å². The zero-order valence-corrected chi connectivity index (χ0v) is 17.3. The highest BCUT2D eigenvalue weighted by molar-refractivity contribution is 6.13. The molecular formula is C24H23FN2O4. The number of phenolic OH excluding ortho intramolecular Hbond substituents is 1. The van der Waals surface area contributed by atoms with Gasteiger partial charge in [-0.05, 0) is 61.7 Å². The number of ether oxygens (including phenoxy) is 1. The second-order valence-corrected chi connectivity index (χ2v) is 7.77. The Morgan fingerprint density at radius 1 is 1.19 bits per heavy atom. The molecule has 1 heterocycles. The Morgan fingerprint density at radius 3 is 2.65 bits per heavy atom. The molecule has 0 saturated carbocycles. The average Bonchev–Trinajstić information content (AvgIpc) is 2.75. The van der Waals surface area contributed by atoms with Gasteiger partial charge in [-0.15, -0.1) is 0 Å². The van der Waals surface area contributed by atoms with Crippen LogP contribution in [0.2, 0.25) is 0 Å². The number of amides is 1. The van der Waals surface area contributed by atoms with E-state index in [-0.39, 0.29) is 23.2 Å². The fraction of sp³-hybridized carbons (Fsp3) is 0.292. The fourth-order valence-corrected chi connectivity index (χ4v) is 4.35. The lowest BCUT2D eigenvalue weighted by atomic mass is 9.71. The highest BCUT2D eigenvalue weighted by Gasteiger charge is 2.42. The van der Waals surface area contributed by atoms with Gasteiger partial charge in [-0.2, -0.15) is 0 Å². The number of anilines is 1. The largest absolute Gasteiger partial charge is 0.504 e. The summed E-state index contributed by atoms with van der Waals surface area (Å²) in [5.41, 5.74) is 3.01. The lowest BCUT2D eigenvalue weighted by Gasteiger charge is -2.35. The summed E-state index contributed by atoms with van der Waals surface area (Å²) < 4.78 is 18.5. The first-order chi connectivity index (χ1) is 14.9. The molecule has 0 fully saturated rings. The van der Waals surface area contributed by atoms with E-state index in [1.165, 1.54) is 37.4 Å². The topological polar surface area (TPSA) is 88.0 Å². The summed E-state index contributed by atoms with van der Waals surface area (Å²) in [7, 11) is 1.45. The molecule has 2 N–H and O–H groups in total. The monoisotopic (exact) mass is 422 g/mol. The molecule has 0 spiro atoms. The Morgan fingerprint density at radius 2 is 1.94 bits per heavy atom. The molecule has 0 bridgehead atoms. The highest BCUT2D eigenvalue weighted by atomic mass is 19.1. The van der Waals surface area contributed by atoms with E-state index in [2.05, 4.69) is 10.3 Å². The smallest absolute Gasteiger partial charge is 0.234 e. The number of methoxy groups -OCH3 is 1. The van der Waals surface area contributed by atoms with Crippen molar-refractivity contribution in [3.63, 3.8) is 0 Å². The van der Waals surface area contributed by atoms with Gasteiger partial charge < -0.3 is 15.2 Å². The number of Topliss-reactive ketones (excluding diaryl/α,β-unsaturated/α-hetero) is 1. The maximum absolute atomic E-state index is 13.3. The number of ketones is 1. The minimum atomic E-state index is -0.736. The standard InChI is InChI=1S/C24H23FN2O4/c1-13-21(24(30)27-16-9-7-15(25)8-10-16)22(14-6-11-18(28)20(12-14)31-2)23-17(26-13)4-3-5-19(23)29/h6-12,21-22,28H,3-5H2,1-2H3,(H,27,30)/t21?,22-/m1/s1. The molecule has 2 atom stereocenters. The summed E-state index contributed by atoms with van der Waals surface area (Å²) >= 11 is 0. The third kappa shape index (κ3) is 3.95. The number of hydrogen-bond acceptors (Lipinski definition) is 5. The van der Waals surface area contributed by atoms with Crippen LogP contribution in [-0.2, 0) is 9.59 Å². The first kappa shape index (κ1) is 20.8. The van der Waals surface area contributed by atoms with Crippen molar-refractivity contribution in [2.24, 2.45) is 10.9 Å². The van der Waals surface area contributed by atoms with E-state index in [9.17, 15) is 19.1 Å². The molecule has 6 nitrogen and oxygen atoms in total. The van der Waals surface area contributed by atoms with Gasteiger partial charge in [0.25, 0.3) is 0 Å². The molecule has 4 rings (SSSR count). The van der Waals surface area contributed by atoms with Crippen LogP contribution in [0, 0.1) is 11.7 Å². The second kappa shape index (κ2) is 8.34. The normalized spacial score (nSPS) is 20.7. The molecule has 0 saturated heterocycles. The number of aromatic hydroxyl groups is 1. The molecular weight excluding hydrogens is 399 g/mol. The summed E-state index contributed by atoms with van der Waals surface area (Å²) in [5, 5.41) is 12.8. The van der Waals surface area contributed by atoms with Crippen LogP contribution < -0.4 is 10.1 Å². The Hall–Kier alpha value is -3.48. The van der Waals surface area contributed by atoms with Crippen molar-refractivity contribution in [3.8, 4) is 11.5 Å². The molecule has 1 aliphatic carbocycles. The van der Waals surface area contributed by atoms with Crippen molar-refractivity contribution in [1.82, 2.24) is 0 Å². The first-order valence-electron chi connectivity index (χ1n) is 10.1. The van der Waals surface area contributed by atoms with Crippen molar-refractivity contribution in [2.75, 3.05) is 12.4 Å². The second-order valence-electron chi connectivity index (χ2n) is 7.77. The van der Waals surface area contributed by atoms with Crippen molar-refractivity contribution < 1.29 is 23.8 Å². The van der Waals surface area contributed by atoms with E-state index in [1.807, 2.05) is 0 Å². The number of benzene rings is 2. The quantitative estimate of drug-likeness (QED) is 0.766. The van der Waals surface area contributed by atoms with Crippen LogP contribution in [0.5, 0.6) is 11.5 Å². The van der Waals surface area contributed by atoms with Gasteiger partial charge >= 0.3 is 0 Å². The maximum Gasteiger partial charge on any atom is 0.234 e. The molecule has 1 amide bonds. The predicted octanol–water partition coefficient (Wildman–Crippen LogP) is 4.36. The number of carbonyl (C=O) groups is 2. The van der Waals surface area contributed by atoms with Gasteiger partial charge in [-0.3, -0.25) is 14.6 Å². The highest BCUT2D eigenvalue weighted by Crippen LogP contribution is 2.45. The van der Waals surface area contributed by atoms with Crippen LogP contribution in [0.3, 0.4) is 0 Å². The number of phenols is 1. The molecule has 2 aliphatic rings. The van der Waals surface area contributed by atoms with Gasteiger partial charge in [0.2, 0.25) is 5.91 Å².